The fourth-order valence-corrected chi connectivity index (χ4v) is 1.09. The van der Waals surface area contributed by atoms with Crippen LogP contribution in [0.5, 0.6) is 0 Å². The van der Waals surface area contributed by atoms with Gasteiger partial charge in [0.05, 0.1) is 18.2 Å². The highest BCUT2D eigenvalue weighted by molar-refractivity contribution is 4.83. The van der Waals surface area contributed by atoms with Crippen LogP contribution in [0.25, 0.3) is 0 Å². The van der Waals surface area contributed by atoms with E-state index in [0.29, 0.717) is 13.2 Å². The lowest BCUT2D eigenvalue weighted by atomic mass is 10.00. The summed E-state index contributed by atoms with van der Waals surface area (Å²) in [6.45, 7) is 7.15. The van der Waals surface area contributed by atoms with Crippen LogP contribution in [-0.2, 0) is 9.47 Å². The van der Waals surface area contributed by atoms with Gasteiger partial charge < -0.3 is 9.47 Å². The first-order chi connectivity index (χ1) is 5.58. The Balaban J connectivity index is 4.05. The van der Waals surface area contributed by atoms with E-state index >= 15 is 0 Å². The Labute approximate surface area is 74.4 Å². The van der Waals surface area contributed by atoms with Gasteiger partial charge >= 0.3 is 0 Å². The van der Waals surface area contributed by atoms with E-state index in [1.54, 1.807) is 7.11 Å². The van der Waals surface area contributed by atoms with Gasteiger partial charge in [0.1, 0.15) is 0 Å². The first-order valence-electron chi connectivity index (χ1n) is 4.17. The van der Waals surface area contributed by atoms with Crippen molar-refractivity contribution in [3.8, 4) is 0 Å². The van der Waals surface area contributed by atoms with Gasteiger partial charge in [-0.2, -0.15) is 0 Å². The highest BCUT2D eigenvalue weighted by Crippen LogP contribution is 2.14. The molecule has 0 fully saturated rings. The number of hydrazine groups is 1. The maximum absolute atomic E-state index is 5.51. The Morgan fingerprint density at radius 2 is 2.08 bits per heavy atom. The lowest BCUT2D eigenvalue weighted by molar-refractivity contribution is -0.0552. The predicted molar refractivity (Wildman–Crippen MR) is 48.7 cm³/mol. The molecule has 3 N–H and O–H groups in total. The van der Waals surface area contributed by atoms with Crippen molar-refractivity contribution in [3.05, 3.63) is 0 Å². The molecule has 0 aromatic carbocycles. The highest BCUT2D eigenvalue weighted by Gasteiger charge is 2.28. The van der Waals surface area contributed by atoms with Crippen LogP contribution in [0.3, 0.4) is 0 Å². The van der Waals surface area contributed by atoms with Crippen LogP contribution in [0.2, 0.25) is 0 Å². The number of hydrogen-bond donors (Lipinski definition) is 2. The van der Waals surface area contributed by atoms with Crippen LogP contribution < -0.4 is 11.3 Å². The molecule has 0 aliphatic heterocycles. The van der Waals surface area contributed by atoms with Crippen LogP contribution in [0.4, 0.5) is 0 Å². The quantitative estimate of drug-likeness (QED) is 0.451. The molecule has 0 heterocycles. The molecule has 0 spiro atoms. The van der Waals surface area contributed by atoms with E-state index in [2.05, 4.69) is 5.43 Å². The molecule has 0 amide bonds. The normalized spacial score (nSPS) is 14.8. The van der Waals surface area contributed by atoms with Gasteiger partial charge in [-0.3, -0.25) is 11.3 Å². The highest BCUT2D eigenvalue weighted by atomic mass is 16.5. The lowest BCUT2D eigenvalue weighted by Crippen LogP contribution is -2.53. The van der Waals surface area contributed by atoms with E-state index in [1.165, 1.54) is 0 Å². The van der Waals surface area contributed by atoms with Gasteiger partial charge in [0.25, 0.3) is 0 Å². The van der Waals surface area contributed by atoms with Crippen molar-refractivity contribution in [2.24, 2.45) is 5.84 Å². The monoisotopic (exact) mass is 176 g/mol. The Hall–Kier alpha value is -0.160. The average molecular weight is 176 g/mol. The minimum absolute atomic E-state index is 0.0162. The number of nitrogens with two attached hydrogens (primary N) is 1. The van der Waals surface area contributed by atoms with Gasteiger partial charge in [-0.15, -0.1) is 0 Å². The minimum Gasteiger partial charge on any atom is -0.383 e. The Kier molecular flexibility index (Phi) is 5.41. The summed E-state index contributed by atoms with van der Waals surface area (Å²) >= 11 is 0. The second kappa shape index (κ2) is 5.48. The van der Waals surface area contributed by atoms with E-state index in [1.807, 2.05) is 20.8 Å². The maximum Gasteiger partial charge on any atom is 0.0814 e. The van der Waals surface area contributed by atoms with E-state index in [-0.39, 0.29) is 11.6 Å². The minimum atomic E-state index is -0.292. The smallest absolute Gasteiger partial charge is 0.0814 e. The number of nitrogens with one attached hydrogen (secondary N) is 1. The number of methoxy groups -OCH3 is 1. The van der Waals surface area contributed by atoms with Crippen LogP contribution in [0, 0.1) is 0 Å². The summed E-state index contributed by atoms with van der Waals surface area (Å²) in [5.41, 5.74) is 2.39. The zero-order valence-corrected chi connectivity index (χ0v) is 8.39. The molecule has 0 aliphatic carbocycles. The summed E-state index contributed by atoms with van der Waals surface area (Å²) in [6, 6.07) is 0.0162. The van der Waals surface area contributed by atoms with Gasteiger partial charge in [0.15, 0.2) is 0 Å². The summed E-state index contributed by atoms with van der Waals surface area (Å²) in [5, 5.41) is 0. The summed E-state index contributed by atoms with van der Waals surface area (Å²) in [4.78, 5) is 0. The van der Waals surface area contributed by atoms with Crippen LogP contribution in [-0.4, -0.2) is 32.0 Å². The molecule has 12 heavy (non-hydrogen) atoms. The molecule has 0 rings (SSSR count). The fourth-order valence-electron chi connectivity index (χ4n) is 1.09. The van der Waals surface area contributed by atoms with Gasteiger partial charge in [-0.25, -0.2) is 0 Å². The van der Waals surface area contributed by atoms with Gasteiger partial charge in [-0.05, 0) is 20.8 Å². The zero-order chi connectivity index (χ0) is 9.61. The lowest BCUT2D eigenvalue weighted by Gasteiger charge is -2.33. The van der Waals surface area contributed by atoms with Gasteiger partial charge in [0, 0.05) is 13.7 Å². The van der Waals surface area contributed by atoms with E-state index < -0.39 is 0 Å². The second-order valence-corrected chi connectivity index (χ2v) is 3.21. The van der Waals surface area contributed by atoms with Crippen molar-refractivity contribution in [1.29, 1.82) is 0 Å². The van der Waals surface area contributed by atoms with Crippen molar-refractivity contribution >= 4 is 0 Å². The fraction of sp³-hybridized carbons (Fsp3) is 1.00. The van der Waals surface area contributed by atoms with Gasteiger partial charge in [-0.1, -0.05) is 0 Å². The molecule has 0 saturated heterocycles. The largest absolute Gasteiger partial charge is 0.383 e. The number of ether oxygens (including phenoxy) is 2. The van der Waals surface area contributed by atoms with Gasteiger partial charge in [0.2, 0.25) is 0 Å². The van der Waals surface area contributed by atoms with Crippen LogP contribution in [0.15, 0.2) is 0 Å². The molecule has 0 saturated carbocycles. The SMILES string of the molecule is CCOC(C)(C)C(COC)NN. The molecule has 0 aliphatic rings. The third-order valence-corrected chi connectivity index (χ3v) is 1.89. The molecule has 1 unspecified atom stereocenters. The van der Waals surface area contributed by atoms with Crippen molar-refractivity contribution in [2.75, 3.05) is 20.3 Å². The standard InChI is InChI=1S/C8H20N2O2/c1-5-12-8(2,3)7(10-9)6-11-4/h7,10H,5-6,9H2,1-4H3. The molecule has 0 radical (unpaired) electrons. The van der Waals surface area contributed by atoms with E-state index in [0.717, 1.165) is 0 Å². The number of rotatable bonds is 6. The third kappa shape index (κ3) is 3.49. The topological polar surface area (TPSA) is 56.5 Å². The van der Waals surface area contributed by atoms with Crippen molar-refractivity contribution in [1.82, 2.24) is 5.43 Å². The molecular formula is C8H20N2O2. The van der Waals surface area contributed by atoms with Crippen molar-refractivity contribution < 1.29 is 9.47 Å². The summed E-state index contributed by atoms with van der Waals surface area (Å²) < 4.78 is 10.5. The molecule has 4 nitrogen and oxygen atoms in total. The first kappa shape index (κ1) is 11.8. The predicted octanol–water partition coefficient (Wildman–Crippen LogP) is 0.280. The average Bonchev–Trinajstić information content (AvgIpc) is 1.99. The molecule has 1 atom stereocenters. The Morgan fingerprint density at radius 1 is 1.50 bits per heavy atom. The molecule has 0 bridgehead atoms. The molecule has 74 valence electrons. The van der Waals surface area contributed by atoms with Crippen molar-refractivity contribution in [3.63, 3.8) is 0 Å². The second-order valence-electron chi connectivity index (χ2n) is 3.21. The Morgan fingerprint density at radius 3 is 2.42 bits per heavy atom. The van der Waals surface area contributed by atoms with E-state index in [4.69, 9.17) is 15.3 Å². The van der Waals surface area contributed by atoms with Crippen LogP contribution in [0.1, 0.15) is 20.8 Å². The zero-order valence-electron chi connectivity index (χ0n) is 8.39. The number of hydrogen-bond acceptors (Lipinski definition) is 4. The van der Waals surface area contributed by atoms with Crippen LogP contribution >= 0.6 is 0 Å². The molecule has 4 heteroatoms. The third-order valence-electron chi connectivity index (χ3n) is 1.89. The van der Waals surface area contributed by atoms with Crippen molar-refractivity contribution in [2.45, 2.75) is 32.4 Å². The summed E-state index contributed by atoms with van der Waals surface area (Å²) in [7, 11) is 1.65. The molecule has 0 aromatic rings. The van der Waals surface area contributed by atoms with E-state index in [9.17, 15) is 0 Å². The summed E-state index contributed by atoms with van der Waals surface area (Å²) in [6.07, 6.45) is 0. The summed E-state index contributed by atoms with van der Waals surface area (Å²) in [5.74, 6) is 5.37. The first-order valence-corrected chi connectivity index (χ1v) is 4.17. The Bertz CT molecular complexity index is 118. The maximum atomic E-state index is 5.51. The molecular weight excluding hydrogens is 156 g/mol. The molecule has 0 aromatic heterocycles.